The first-order chi connectivity index (χ1) is 6.99. The minimum absolute atomic E-state index is 0.0554. The van der Waals surface area contributed by atoms with Gasteiger partial charge in [-0.25, -0.2) is 4.98 Å². The number of carbonyl (C=O) groups is 2. The third-order valence-electron chi connectivity index (χ3n) is 1.61. The standard InChI is InChI=1S/C9H13N3O2S/c1-5(10)3-8(14)12-9-11-4-7(15-9)6(2)13/h4-5H,3,10H2,1-2H3,(H,11,12,14). The van der Waals surface area contributed by atoms with Gasteiger partial charge in [-0.2, -0.15) is 0 Å². The summed E-state index contributed by atoms with van der Waals surface area (Å²) in [5.41, 5.74) is 5.47. The molecule has 0 aromatic carbocycles. The second-order valence-electron chi connectivity index (χ2n) is 3.32. The van der Waals surface area contributed by atoms with E-state index in [1.165, 1.54) is 13.1 Å². The number of hydrogen-bond donors (Lipinski definition) is 2. The van der Waals surface area contributed by atoms with Crippen LogP contribution in [0.5, 0.6) is 0 Å². The number of nitrogens with two attached hydrogens (primary N) is 1. The molecule has 0 aliphatic heterocycles. The van der Waals surface area contributed by atoms with E-state index < -0.39 is 0 Å². The Bertz CT molecular complexity index is 373. The highest BCUT2D eigenvalue weighted by atomic mass is 32.1. The van der Waals surface area contributed by atoms with Gasteiger partial charge in [0.15, 0.2) is 10.9 Å². The van der Waals surface area contributed by atoms with Crippen LogP contribution in [-0.4, -0.2) is 22.7 Å². The van der Waals surface area contributed by atoms with Gasteiger partial charge in [0.1, 0.15) is 0 Å². The van der Waals surface area contributed by atoms with Crippen molar-refractivity contribution in [1.82, 2.24) is 4.98 Å². The molecular weight excluding hydrogens is 214 g/mol. The summed E-state index contributed by atoms with van der Waals surface area (Å²) in [4.78, 5) is 26.7. The van der Waals surface area contributed by atoms with Crippen molar-refractivity contribution < 1.29 is 9.59 Å². The molecule has 0 saturated heterocycles. The van der Waals surface area contributed by atoms with Gasteiger partial charge in [0.2, 0.25) is 5.91 Å². The van der Waals surface area contributed by atoms with Crippen LogP contribution in [0, 0.1) is 0 Å². The van der Waals surface area contributed by atoms with Crippen LogP contribution >= 0.6 is 11.3 Å². The Morgan fingerprint density at radius 1 is 1.67 bits per heavy atom. The number of nitrogens with zero attached hydrogens (tertiary/aromatic N) is 1. The summed E-state index contributed by atoms with van der Waals surface area (Å²) in [6.07, 6.45) is 1.70. The van der Waals surface area contributed by atoms with E-state index in [2.05, 4.69) is 10.3 Å². The molecule has 1 atom stereocenters. The predicted octanol–water partition coefficient (Wildman–Crippen LogP) is 1.02. The van der Waals surface area contributed by atoms with Crippen LogP contribution in [0.4, 0.5) is 5.13 Å². The van der Waals surface area contributed by atoms with Crippen molar-refractivity contribution in [3.8, 4) is 0 Å². The average Bonchev–Trinajstić information content (AvgIpc) is 2.50. The number of anilines is 1. The predicted molar refractivity (Wildman–Crippen MR) is 59.0 cm³/mol. The van der Waals surface area contributed by atoms with E-state index in [0.717, 1.165) is 11.3 Å². The zero-order valence-corrected chi connectivity index (χ0v) is 9.43. The number of ketones is 1. The quantitative estimate of drug-likeness (QED) is 0.752. The molecule has 1 heterocycles. The average molecular weight is 227 g/mol. The maximum Gasteiger partial charge on any atom is 0.227 e. The molecule has 6 heteroatoms. The Hall–Kier alpha value is -1.27. The van der Waals surface area contributed by atoms with Crippen molar-refractivity contribution in [2.75, 3.05) is 5.32 Å². The Kier molecular flexibility index (Phi) is 3.93. The van der Waals surface area contributed by atoms with Gasteiger partial charge in [0, 0.05) is 19.4 Å². The Balaban J connectivity index is 2.57. The third kappa shape index (κ3) is 3.77. The van der Waals surface area contributed by atoms with E-state index in [9.17, 15) is 9.59 Å². The molecule has 5 nitrogen and oxygen atoms in total. The monoisotopic (exact) mass is 227 g/mol. The second kappa shape index (κ2) is 4.99. The summed E-state index contributed by atoms with van der Waals surface area (Å²) in [5, 5.41) is 3.02. The summed E-state index contributed by atoms with van der Waals surface area (Å²) >= 11 is 1.16. The minimum atomic E-state index is -0.186. The van der Waals surface area contributed by atoms with Crippen molar-refractivity contribution in [3.63, 3.8) is 0 Å². The molecular formula is C9H13N3O2S. The van der Waals surface area contributed by atoms with Crippen LogP contribution in [0.2, 0.25) is 0 Å². The van der Waals surface area contributed by atoms with Crippen molar-refractivity contribution >= 4 is 28.2 Å². The van der Waals surface area contributed by atoms with Crippen LogP contribution in [0.3, 0.4) is 0 Å². The van der Waals surface area contributed by atoms with Gasteiger partial charge in [-0.05, 0) is 6.92 Å². The minimum Gasteiger partial charge on any atom is -0.327 e. The molecule has 1 aromatic rings. The summed E-state index contributed by atoms with van der Waals surface area (Å²) in [6.45, 7) is 3.21. The van der Waals surface area contributed by atoms with Gasteiger partial charge in [-0.1, -0.05) is 11.3 Å². The lowest BCUT2D eigenvalue weighted by atomic mass is 10.2. The number of nitrogens with one attached hydrogen (secondary N) is 1. The molecule has 1 amide bonds. The fourth-order valence-electron chi connectivity index (χ4n) is 0.957. The lowest BCUT2D eigenvalue weighted by Gasteiger charge is -2.03. The van der Waals surface area contributed by atoms with Crippen molar-refractivity contribution in [2.24, 2.45) is 5.73 Å². The normalized spacial score (nSPS) is 12.2. The van der Waals surface area contributed by atoms with E-state index >= 15 is 0 Å². The summed E-state index contributed by atoms with van der Waals surface area (Å²) in [5.74, 6) is -0.241. The van der Waals surface area contributed by atoms with Gasteiger partial charge < -0.3 is 11.1 Å². The summed E-state index contributed by atoms with van der Waals surface area (Å²) in [7, 11) is 0. The van der Waals surface area contributed by atoms with Crippen LogP contribution in [0.1, 0.15) is 29.9 Å². The second-order valence-corrected chi connectivity index (χ2v) is 4.35. The first-order valence-electron chi connectivity index (χ1n) is 4.51. The summed E-state index contributed by atoms with van der Waals surface area (Å²) in [6, 6.07) is -0.183. The van der Waals surface area contributed by atoms with Crippen LogP contribution in [0.25, 0.3) is 0 Å². The number of carbonyl (C=O) groups excluding carboxylic acids is 2. The molecule has 1 aromatic heterocycles. The van der Waals surface area contributed by atoms with Crippen molar-refractivity contribution in [1.29, 1.82) is 0 Å². The maximum absolute atomic E-state index is 11.3. The van der Waals surface area contributed by atoms with Gasteiger partial charge in [-0.15, -0.1) is 0 Å². The van der Waals surface area contributed by atoms with Gasteiger partial charge in [0.25, 0.3) is 0 Å². The topological polar surface area (TPSA) is 85.1 Å². The number of amides is 1. The van der Waals surface area contributed by atoms with E-state index in [0.29, 0.717) is 10.0 Å². The highest BCUT2D eigenvalue weighted by molar-refractivity contribution is 7.17. The molecule has 1 unspecified atom stereocenters. The largest absolute Gasteiger partial charge is 0.327 e. The smallest absolute Gasteiger partial charge is 0.227 e. The SMILES string of the molecule is CC(=O)c1cnc(NC(=O)CC(C)N)s1. The fraction of sp³-hybridized carbons (Fsp3) is 0.444. The number of thiazole rings is 1. The number of aromatic nitrogens is 1. The van der Waals surface area contributed by atoms with Crippen molar-refractivity contribution in [2.45, 2.75) is 26.3 Å². The third-order valence-corrected chi connectivity index (χ3v) is 2.62. The van der Waals surface area contributed by atoms with E-state index in [-0.39, 0.29) is 24.2 Å². The number of Topliss-reactive ketones (excluding diaryl/α,β-unsaturated/α-hetero) is 1. The van der Waals surface area contributed by atoms with E-state index in [4.69, 9.17) is 5.73 Å². The molecule has 0 bridgehead atoms. The molecule has 15 heavy (non-hydrogen) atoms. The Morgan fingerprint density at radius 3 is 2.80 bits per heavy atom. The molecule has 0 aliphatic rings. The highest BCUT2D eigenvalue weighted by Gasteiger charge is 2.10. The molecule has 0 fully saturated rings. The van der Waals surface area contributed by atoms with Gasteiger partial charge >= 0.3 is 0 Å². The van der Waals surface area contributed by atoms with Crippen molar-refractivity contribution in [3.05, 3.63) is 11.1 Å². The van der Waals surface area contributed by atoms with Crippen LogP contribution in [-0.2, 0) is 4.79 Å². The molecule has 0 aliphatic carbocycles. The van der Waals surface area contributed by atoms with Crippen LogP contribution < -0.4 is 11.1 Å². The lowest BCUT2D eigenvalue weighted by Crippen LogP contribution is -2.23. The van der Waals surface area contributed by atoms with Gasteiger partial charge in [0.05, 0.1) is 11.1 Å². The Labute approximate surface area is 91.7 Å². The maximum atomic E-state index is 11.3. The Morgan fingerprint density at radius 2 is 2.33 bits per heavy atom. The van der Waals surface area contributed by atoms with Gasteiger partial charge in [-0.3, -0.25) is 9.59 Å². The van der Waals surface area contributed by atoms with E-state index in [1.54, 1.807) is 6.92 Å². The zero-order valence-electron chi connectivity index (χ0n) is 8.61. The highest BCUT2D eigenvalue weighted by Crippen LogP contribution is 2.18. The molecule has 3 N–H and O–H groups in total. The van der Waals surface area contributed by atoms with E-state index in [1.807, 2.05) is 0 Å². The molecule has 0 spiro atoms. The first kappa shape index (κ1) is 11.8. The molecule has 1 rings (SSSR count). The lowest BCUT2D eigenvalue weighted by molar-refractivity contribution is -0.116. The summed E-state index contributed by atoms with van der Waals surface area (Å²) < 4.78 is 0. The molecule has 0 saturated carbocycles. The van der Waals surface area contributed by atoms with Crippen LogP contribution in [0.15, 0.2) is 6.20 Å². The molecule has 0 radical (unpaired) electrons. The number of rotatable bonds is 4. The zero-order chi connectivity index (χ0) is 11.4. The fourth-order valence-corrected chi connectivity index (χ4v) is 1.69. The molecule has 82 valence electrons. The first-order valence-corrected chi connectivity index (χ1v) is 5.33. The number of hydrogen-bond acceptors (Lipinski definition) is 5.